The number of H-pyrrole nitrogens is 1. The predicted molar refractivity (Wildman–Crippen MR) is 180 cm³/mol. The fourth-order valence-corrected chi connectivity index (χ4v) is 8.92. The number of rotatable bonds is 3. The van der Waals surface area contributed by atoms with E-state index in [-0.39, 0.29) is 35.5 Å². The summed E-state index contributed by atoms with van der Waals surface area (Å²) in [5.74, 6) is -1.71. The van der Waals surface area contributed by atoms with Crippen molar-refractivity contribution < 1.29 is 27.5 Å². The fourth-order valence-electron chi connectivity index (χ4n) is 6.93. The number of nitrogens with one attached hydrogen (secondary N) is 1. The molecule has 1 aliphatic heterocycles. The molecule has 6 rings (SSSR count). The number of carboxylic acid groups (broad SMARTS) is 1. The molecule has 0 saturated heterocycles. The van der Waals surface area contributed by atoms with Crippen molar-refractivity contribution in [1.82, 2.24) is 24.7 Å². The Kier molecular flexibility index (Phi) is 8.57. The monoisotopic (exact) mass is 671 g/mol. The number of aliphatic carboxylic acids is 1. The Labute approximate surface area is 278 Å². The Hall–Kier alpha value is -4.71. The van der Waals surface area contributed by atoms with Crippen molar-refractivity contribution in [1.29, 1.82) is 0 Å². The zero-order chi connectivity index (χ0) is 34.4. The SMILES string of the molecule is Cn1nc2nc1-c1cc(ccn1)C(=O)c1c(F)cc3[nH]ccc3c1CCS(=O)(=O)CC(C)(C)CCC[C@]2(C)c1cccc(CC(=O)O)c1. The number of aromatic nitrogens is 5. The number of halogens is 1. The summed E-state index contributed by atoms with van der Waals surface area (Å²) < 4.78 is 44.6. The molecule has 10 nitrogen and oxygen atoms in total. The molecule has 0 spiro atoms. The van der Waals surface area contributed by atoms with E-state index in [1.165, 1.54) is 18.3 Å². The van der Waals surface area contributed by atoms with E-state index < -0.39 is 38.2 Å². The molecule has 250 valence electrons. The molecule has 2 N–H and O–H groups in total. The van der Waals surface area contributed by atoms with Crippen LogP contribution < -0.4 is 0 Å². The Morgan fingerprint density at radius 2 is 1.90 bits per heavy atom. The zero-order valence-electron chi connectivity index (χ0n) is 27.4. The highest BCUT2D eigenvalue weighted by Crippen LogP contribution is 2.39. The van der Waals surface area contributed by atoms with E-state index in [0.29, 0.717) is 58.6 Å². The van der Waals surface area contributed by atoms with Crippen LogP contribution in [0.4, 0.5) is 4.39 Å². The quantitative estimate of drug-likeness (QED) is 0.244. The summed E-state index contributed by atoms with van der Waals surface area (Å²) >= 11 is 0. The number of hydrogen-bond donors (Lipinski definition) is 2. The first-order chi connectivity index (χ1) is 22.7. The summed E-state index contributed by atoms with van der Waals surface area (Å²) in [4.78, 5) is 38.0. The lowest BCUT2D eigenvalue weighted by molar-refractivity contribution is -0.136. The van der Waals surface area contributed by atoms with Crippen molar-refractivity contribution in [2.45, 2.75) is 58.3 Å². The molecule has 0 amide bonds. The van der Waals surface area contributed by atoms with Crippen molar-refractivity contribution in [3.05, 3.63) is 100 Å². The number of hydrogen-bond acceptors (Lipinski definition) is 7. The molecule has 0 saturated carbocycles. The minimum Gasteiger partial charge on any atom is -0.481 e. The van der Waals surface area contributed by atoms with Crippen LogP contribution in [0.5, 0.6) is 0 Å². The first kappa shape index (κ1) is 33.2. The van der Waals surface area contributed by atoms with E-state index in [9.17, 15) is 23.1 Å². The summed E-state index contributed by atoms with van der Waals surface area (Å²) in [7, 11) is -1.89. The van der Waals surface area contributed by atoms with Crippen LogP contribution in [-0.2, 0) is 39.9 Å². The number of benzene rings is 2. The maximum absolute atomic E-state index is 15.8. The Balaban J connectivity index is 1.52. The van der Waals surface area contributed by atoms with Gasteiger partial charge in [0.05, 0.1) is 28.9 Å². The molecule has 2 aromatic carbocycles. The van der Waals surface area contributed by atoms with Gasteiger partial charge >= 0.3 is 5.97 Å². The summed E-state index contributed by atoms with van der Waals surface area (Å²) in [6.45, 7) is 5.85. The normalized spacial score (nSPS) is 19.7. The zero-order valence-corrected chi connectivity index (χ0v) is 28.2. The molecule has 48 heavy (non-hydrogen) atoms. The van der Waals surface area contributed by atoms with Crippen molar-refractivity contribution >= 4 is 32.5 Å². The second-order valence-corrected chi connectivity index (χ2v) is 15.9. The Morgan fingerprint density at radius 1 is 1.10 bits per heavy atom. The molecule has 0 radical (unpaired) electrons. The third-order valence-electron chi connectivity index (χ3n) is 9.37. The van der Waals surface area contributed by atoms with Crippen LogP contribution in [0.2, 0.25) is 0 Å². The smallest absolute Gasteiger partial charge is 0.307 e. The number of pyridine rings is 1. The van der Waals surface area contributed by atoms with Gasteiger partial charge in [0.25, 0.3) is 0 Å². The third kappa shape index (κ3) is 6.53. The second-order valence-electron chi connectivity index (χ2n) is 13.8. The maximum atomic E-state index is 15.8. The summed E-state index contributed by atoms with van der Waals surface area (Å²) in [6, 6.07) is 13.4. The van der Waals surface area contributed by atoms with E-state index in [0.717, 1.165) is 5.56 Å². The summed E-state index contributed by atoms with van der Waals surface area (Å²) in [5, 5.41) is 14.9. The molecule has 1 atom stereocenters. The van der Waals surface area contributed by atoms with Gasteiger partial charge in [0.2, 0.25) is 0 Å². The van der Waals surface area contributed by atoms with Gasteiger partial charge in [-0.2, -0.15) is 5.10 Å². The van der Waals surface area contributed by atoms with Crippen LogP contribution >= 0.6 is 0 Å². The van der Waals surface area contributed by atoms with E-state index in [1.54, 1.807) is 36.1 Å². The molecule has 4 heterocycles. The van der Waals surface area contributed by atoms with Gasteiger partial charge in [-0.1, -0.05) is 44.5 Å². The Bertz CT molecular complexity index is 2170. The molecule has 0 unspecified atom stereocenters. The van der Waals surface area contributed by atoms with Crippen LogP contribution in [0.25, 0.3) is 22.4 Å². The van der Waals surface area contributed by atoms with Gasteiger partial charge in [-0.15, -0.1) is 0 Å². The van der Waals surface area contributed by atoms with Gasteiger partial charge in [-0.3, -0.25) is 14.6 Å². The van der Waals surface area contributed by atoms with Gasteiger partial charge in [-0.05, 0) is 72.6 Å². The fraction of sp³-hybridized carbons (Fsp3) is 0.361. The molecule has 0 aliphatic carbocycles. The molecular formula is C36H38FN5O5S. The van der Waals surface area contributed by atoms with E-state index >= 15 is 4.39 Å². The number of carboxylic acids is 1. The molecule has 3 aromatic heterocycles. The van der Waals surface area contributed by atoms with Crippen LogP contribution in [0.15, 0.2) is 60.9 Å². The number of aromatic amines is 1. The molecule has 12 heteroatoms. The molecule has 1 aliphatic rings. The number of carbonyl (C=O) groups excluding carboxylic acids is 1. The second kappa shape index (κ2) is 12.4. The van der Waals surface area contributed by atoms with Crippen LogP contribution in [0.1, 0.15) is 78.5 Å². The van der Waals surface area contributed by atoms with Crippen molar-refractivity contribution in [3.63, 3.8) is 0 Å². The number of aryl methyl sites for hydroxylation is 2. The lowest BCUT2D eigenvalue weighted by atomic mass is 9.75. The van der Waals surface area contributed by atoms with Gasteiger partial charge < -0.3 is 10.1 Å². The largest absolute Gasteiger partial charge is 0.481 e. The Morgan fingerprint density at radius 3 is 2.67 bits per heavy atom. The topological polar surface area (TPSA) is 148 Å². The van der Waals surface area contributed by atoms with Crippen LogP contribution in [0, 0.1) is 11.2 Å². The highest BCUT2D eigenvalue weighted by Gasteiger charge is 2.36. The number of carbonyl (C=O) groups is 2. The average Bonchev–Trinajstić information content (AvgIpc) is 3.65. The highest BCUT2D eigenvalue weighted by atomic mass is 32.2. The highest BCUT2D eigenvalue weighted by molar-refractivity contribution is 7.91. The summed E-state index contributed by atoms with van der Waals surface area (Å²) in [6.07, 6.45) is 4.70. The number of ketones is 1. The standard InChI is InChI=1S/C36H38FN5O5S/c1-35(2)12-6-13-36(3,24-8-5-7-22(17-24)18-30(43)44)34-40-33(42(4)41-34)29-19-23(9-14-39-29)32(45)31-26(11-16-48(46,47)21-35)25-10-15-38-28(25)20-27(31)37/h5,7-10,14-15,17,19-20,38H,6,11-13,16,18,21H2,1-4H3,(H,43,44)/t36-/m1/s1. The third-order valence-corrected chi connectivity index (χ3v) is 11.4. The minimum atomic E-state index is -3.62. The van der Waals surface area contributed by atoms with Gasteiger partial charge in [0.1, 0.15) is 11.5 Å². The van der Waals surface area contributed by atoms with Crippen molar-refractivity contribution in [2.24, 2.45) is 12.5 Å². The van der Waals surface area contributed by atoms with E-state index in [1.807, 2.05) is 39.0 Å². The van der Waals surface area contributed by atoms with Crippen molar-refractivity contribution in [3.8, 4) is 11.5 Å². The number of sulfone groups is 1. The van der Waals surface area contributed by atoms with E-state index in [2.05, 4.69) is 9.97 Å². The van der Waals surface area contributed by atoms with Gasteiger partial charge in [0, 0.05) is 35.9 Å². The van der Waals surface area contributed by atoms with Crippen LogP contribution in [-0.4, -0.2) is 61.5 Å². The molecule has 0 fully saturated rings. The first-order valence-corrected chi connectivity index (χ1v) is 17.7. The van der Waals surface area contributed by atoms with Crippen molar-refractivity contribution in [2.75, 3.05) is 11.5 Å². The average molecular weight is 672 g/mol. The van der Waals surface area contributed by atoms with E-state index in [4.69, 9.17) is 10.1 Å². The molecular weight excluding hydrogens is 633 g/mol. The lowest BCUT2D eigenvalue weighted by Gasteiger charge is -2.30. The summed E-state index contributed by atoms with van der Waals surface area (Å²) in [5.41, 5.74) is 1.30. The molecule has 5 aromatic rings. The number of fused-ring (bicyclic) bond motifs is 8. The predicted octanol–water partition coefficient (Wildman–Crippen LogP) is 5.83. The molecule has 4 bridgehead atoms. The van der Waals surface area contributed by atoms with Gasteiger partial charge in [-0.25, -0.2) is 22.5 Å². The minimum absolute atomic E-state index is 0.0268. The van der Waals surface area contributed by atoms with Crippen LogP contribution in [0.3, 0.4) is 0 Å². The number of nitrogens with zero attached hydrogens (tertiary/aromatic N) is 4. The first-order valence-electron chi connectivity index (χ1n) is 15.9. The lowest BCUT2D eigenvalue weighted by Crippen LogP contribution is -2.29. The maximum Gasteiger partial charge on any atom is 0.307 e. The van der Waals surface area contributed by atoms with Gasteiger partial charge in [0.15, 0.2) is 27.3 Å².